The van der Waals surface area contributed by atoms with Gasteiger partial charge in [0.15, 0.2) is 5.78 Å². The Hall–Kier alpha value is -1.62. The number of carbonyl (C=O) groups is 1. The van der Waals surface area contributed by atoms with E-state index in [1.807, 2.05) is 12.2 Å². The van der Waals surface area contributed by atoms with Gasteiger partial charge in [0, 0.05) is 12.5 Å². The summed E-state index contributed by atoms with van der Waals surface area (Å²) in [5.41, 5.74) is 6.19. The second-order valence-electron chi connectivity index (χ2n) is 7.65. The van der Waals surface area contributed by atoms with Crippen LogP contribution in [0.15, 0.2) is 34.4 Å². The first-order valence-electron chi connectivity index (χ1n) is 8.68. The predicted octanol–water partition coefficient (Wildman–Crippen LogP) is 4.64. The molecule has 4 aliphatic carbocycles. The van der Waals surface area contributed by atoms with Gasteiger partial charge >= 0.3 is 0 Å². The summed E-state index contributed by atoms with van der Waals surface area (Å²) in [5, 5.41) is 9.07. The SMILES string of the molecule is C[C@]12CCC3=C4CCC(=O)C=C4CC[C@H]3[C@@H]1CC/C2=C\C#N. The minimum Gasteiger partial charge on any atom is -0.295 e. The van der Waals surface area contributed by atoms with Crippen molar-refractivity contribution in [1.82, 2.24) is 0 Å². The van der Waals surface area contributed by atoms with Gasteiger partial charge in [-0.1, -0.05) is 18.1 Å². The second kappa shape index (κ2) is 4.95. The van der Waals surface area contributed by atoms with Crippen LogP contribution in [0.3, 0.4) is 0 Å². The largest absolute Gasteiger partial charge is 0.295 e. The van der Waals surface area contributed by atoms with Gasteiger partial charge < -0.3 is 0 Å². The lowest BCUT2D eigenvalue weighted by Gasteiger charge is -2.47. The highest BCUT2D eigenvalue weighted by atomic mass is 16.1. The van der Waals surface area contributed by atoms with Crippen LogP contribution in [0.4, 0.5) is 0 Å². The maximum atomic E-state index is 11.7. The Morgan fingerprint density at radius 3 is 2.91 bits per heavy atom. The highest BCUT2D eigenvalue weighted by Gasteiger charge is 2.51. The zero-order valence-corrected chi connectivity index (χ0v) is 13.3. The Bertz CT molecular complexity index is 672. The number of hydrogen-bond donors (Lipinski definition) is 0. The Morgan fingerprint density at radius 2 is 2.09 bits per heavy atom. The number of hydrogen-bond acceptors (Lipinski definition) is 2. The van der Waals surface area contributed by atoms with Gasteiger partial charge in [-0.2, -0.15) is 5.26 Å². The molecular weight excluding hydrogens is 270 g/mol. The van der Waals surface area contributed by atoms with Crippen molar-refractivity contribution in [2.24, 2.45) is 17.3 Å². The molecule has 0 bridgehead atoms. The summed E-state index contributed by atoms with van der Waals surface area (Å²) in [6.07, 6.45) is 12.4. The lowest BCUT2D eigenvalue weighted by Crippen LogP contribution is -2.37. The van der Waals surface area contributed by atoms with E-state index in [1.165, 1.54) is 42.4 Å². The van der Waals surface area contributed by atoms with Crippen molar-refractivity contribution < 1.29 is 4.79 Å². The Labute approximate surface area is 132 Å². The number of rotatable bonds is 0. The van der Waals surface area contributed by atoms with E-state index in [0.29, 0.717) is 24.0 Å². The van der Waals surface area contributed by atoms with Crippen molar-refractivity contribution in [2.45, 2.75) is 58.3 Å². The normalized spacial score (nSPS) is 39.0. The van der Waals surface area contributed by atoms with E-state index in [9.17, 15) is 4.79 Å². The van der Waals surface area contributed by atoms with Crippen LogP contribution in [0.1, 0.15) is 58.3 Å². The van der Waals surface area contributed by atoms with E-state index >= 15 is 0 Å². The van der Waals surface area contributed by atoms with Crippen LogP contribution >= 0.6 is 0 Å². The molecule has 22 heavy (non-hydrogen) atoms. The van der Waals surface area contributed by atoms with E-state index in [-0.39, 0.29) is 5.41 Å². The average molecular weight is 293 g/mol. The van der Waals surface area contributed by atoms with Crippen molar-refractivity contribution in [3.63, 3.8) is 0 Å². The number of nitrogens with zero attached hydrogens (tertiary/aromatic N) is 1. The molecule has 4 aliphatic rings. The summed E-state index contributed by atoms with van der Waals surface area (Å²) < 4.78 is 0. The summed E-state index contributed by atoms with van der Waals surface area (Å²) in [6, 6.07) is 2.27. The molecule has 3 atom stereocenters. The summed E-state index contributed by atoms with van der Waals surface area (Å²) in [6.45, 7) is 2.39. The molecule has 2 nitrogen and oxygen atoms in total. The molecule has 2 saturated carbocycles. The van der Waals surface area contributed by atoms with Crippen LogP contribution in [-0.2, 0) is 4.79 Å². The third-order valence-electron chi connectivity index (χ3n) is 6.82. The van der Waals surface area contributed by atoms with E-state index in [4.69, 9.17) is 5.26 Å². The van der Waals surface area contributed by atoms with E-state index < -0.39 is 0 Å². The van der Waals surface area contributed by atoms with Crippen LogP contribution in [0.2, 0.25) is 0 Å². The smallest absolute Gasteiger partial charge is 0.156 e. The molecule has 0 N–H and O–H groups in total. The standard InChI is InChI=1S/C20H23NO/c1-20-10-8-17-16-6-4-15(22)12-13(16)2-5-18(17)19(20)7-3-14(20)9-11-21/h9,12,18-19H,2-8,10H2,1H3/b14-9+/t18-,19+,20-/m1/s1. The first-order valence-corrected chi connectivity index (χ1v) is 8.68. The maximum Gasteiger partial charge on any atom is 0.156 e. The molecule has 0 amide bonds. The third-order valence-corrected chi connectivity index (χ3v) is 6.82. The summed E-state index contributed by atoms with van der Waals surface area (Å²) in [5.74, 6) is 1.73. The quantitative estimate of drug-likeness (QED) is 0.610. The number of fused-ring (bicyclic) bond motifs is 4. The molecule has 0 radical (unpaired) electrons. The van der Waals surface area contributed by atoms with E-state index in [2.05, 4.69) is 13.0 Å². The highest BCUT2D eigenvalue weighted by molar-refractivity contribution is 5.93. The fourth-order valence-corrected chi connectivity index (χ4v) is 5.70. The second-order valence-corrected chi connectivity index (χ2v) is 7.65. The van der Waals surface area contributed by atoms with E-state index in [0.717, 1.165) is 19.3 Å². The minimum atomic E-state index is 0.246. The Kier molecular flexibility index (Phi) is 3.15. The van der Waals surface area contributed by atoms with Crippen molar-refractivity contribution in [3.8, 4) is 6.07 Å². The highest BCUT2D eigenvalue weighted by Crippen LogP contribution is 2.61. The minimum absolute atomic E-state index is 0.246. The molecule has 4 rings (SSSR count). The molecule has 0 saturated heterocycles. The molecule has 2 heteroatoms. The topological polar surface area (TPSA) is 40.9 Å². The van der Waals surface area contributed by atoms with Gasteiger partial charge in [-0.25, -0.2) is 0 Å². The number of nitriles is 1. The fraction of sp³-hybridized carbons (Fsp3) is 0.600. The number of carbonyl (C=O) groups excluding carboxylic acids is 1. The lowest BCUT2D eigenvalue weighted by atomic mass is 9.57. The van der Waals surface area contributed by atoms with E-state index in [1.54, 1.807) is 5.57 Å². The molecule has 0 aliphatic heterocycles. The van der Waals surface area contributed by atoms with Crippen molar-refractivity contribution >= 4 is 5.78 Å². The van der Waals surface area contributed by atoms with Gasteiger partial charge in [-0.05, 0) is 79.4 Å². The Balaban J connectivity index is 1.74. The van der Waals surface area contributed by atoms with Crippen LogP contribution in [0.25, 0.3) is 0 Å². The number of allylic oxidation sites excluding steroid dienone is 6. The molecule has 0 heterocycles. The molecule has 0 spiro atoms. The van der Waals surface area contributed by atoms with Gasteiger partial charge in [0.05, 0.1) is 6.07 Å². The molecule has 0 unspecified atom stereocenters. The van der Waals surface area contributed by atoms with Crippen molar-refractivity contribution in [1.29, 1.82) is 5.26 Å². The molecule has 0 aromatic carbocycles. The first kappa shape index (κ1) is 14.0. The van der Waals surface area contributed by atoms with Crippen molar-refractivity contribution in [2.75, 3.05) is 0 Å². The van der Waals surface area contributed by atoms with Gasteiger partial charge in [0.2, 0.25) is 0 Å². The third kappa shape index (κ3) is 1.88. The average Bonchev–Trinajstić information content (AvgIpc) is 2.84. The van der Waals surface area contributed by atoms with Crippen LogP contribution in [0.5, 0.6) is 0 Å². The molecular formula is C20H23NO. The predicted molar refractivity (Wildman–Crippen MR) is 85.8 cm³/mol. The van der Waals surface area contributed by atoms with Crippen LogP contribution in [-0.4, -0.2) is 5.78 Å². The molecule has 2 fully saturated rings. The number of ketones is 1. The zero-order valence-electron chi connectivity index (χ0n) is 13.3. The van der Waals surface area contributed by atoms with Gasteiger partial charge in [0.25, 0.3) is 0 Å². The monoisotopic (exact) mass is 293 g/mol. The molecule has 114 valence electrons. The summed E-state index contributed by atoms with van der Waals surface area (Å²) in [4.78, 5) is 11.7. The van der Waals surface area contributed by atoms with Gasteiger partial charge in [-0.15, -0.1) is 0 Å². The van der Waals surface area contributed by atoms with Gasteiger partial charge in [0.1, 0.15) is 0 Å². The van der Waals surface area contributed by atoms with Crippen LogP contribution < -0.4 is 0 Å². The first-order chi connectivity index (χ1) is 10.6. The summed E-state index contributed by atoms with van der Waals surface area (Å²) >= 11 is 0. The summed E-state index contributed by atoms with van der Waals surface area (Å²) in [7, 11) is 0. The zero-order chi connectivity index (χ0) is 15.3. The molecule has 0 aromatic rings. The lowest BCUT2D eigenvalue weighted by molar-refractivity contribution is -0.114. The van der Waals surface area contributed by atoms with Crippen molar-refractivity contribution in [3.05, 3.63) is 34.4 Å². The van der Waals surface area contributed by atoms with Gasteiger partial charge in [-0.3, -0.25) is 4.79 Å². The van der Waals surface area contributed by atoms with Crippen LogP contribution in [0, 0.1) is 28.6 Å². The fourth-order valence-electron chi connectivity index (χ4n) is 5.70. The maximum absolute atomic E-state index is 11.7. The Morgan fingerprint density at radius 1 is 1.23 bits per heavy atom. The molecule has 0 aromatic heterocycles.